The van der Waals surface area contributed by atoms with Gasteiger partial charge in [-0.05, 0) is 49.9 Å². The predicted molar refractivity (Wildman–Crippen MR) is 82.0 cm³/mol. The monoisotopic (exact) mass is 300 g/mol. The lowest BCUT2D eigenvalue weighted by atomic mass is 9.95. The van der Waals surface area contributed by atoms with Crippen LogP contribution in [0.25, 0.3) is 5.69 Å². The van der Waals surface area contributed by atoms with Gasteiger partial charge in [0.05, 0.1) is 18.0 Å². The molecule has 22 heavy (non-hydrogen) atoms. The summed E-state index contributed by atoms with van der Waals surface area (Å²) >= 11 is 0. The molecule has 5 nitrogen and oxygen atoms in total. The van der Waals surface area contributed by atoms with Crippen molar-refractivity contribution in [2.45, 2.75) is 37.9 Å². The molecule has 116 valence electrons. The summed E-state index contributed by atoms with van der Waals surface area (Å²) in [6.07, 6.45) is 9.27. The van der Waals surface area contributed by atoms with Gasteiger partial charge in [0.1, 0.15) is 6.10 Å². The fourth-order valence-corrected chi connectivity index (χ4v) is 2.79. The van der Waals surface area contributed by atoms with Crippen molar-refractivity contribution in [3.63, 3.8) is 0 Å². The molecule has 2 aromatic rings. The van der Waals surface area contributed by atoms with E-state index in [1.807, 2.05) is 22.9 Å². The molecule has 1 aromatic carbocycles. The largest absolute Gasteiger partial charge is 0.459 e. The first-order chi connectivity index (χ1) is 10.8. The van der Waals surface area contributed by atoms with Crippen molar-refractivity contribution in [2.24, 2.45) is 0 Å². The Kier molecular flexibility index (Phi) is 4.53. The Morgan fingerprint density at radius 1 is 1.14 bits per heavy atom. The van der Waals surface area contributed by atoms with Crippen molar-refractivity contribution in [1.29, 1.82) is 0 Å². The second-order valence-electron chi connectivity index (χ2n) is 5.56. The zero-order valence-electron chi connectivity index (χ0n) is 12.6. The molecule has 5 heteroatoms. The third kappa shape index (κ3) is 3.36. The van der Waals surface area contributed by atoms with E-state index in [9.17, 15) is 4.79 Å². The third-order valence-corrected chi connectivity index (χ3v) is 4.13. The molecule has 0 saturated heterocycles. The first-order valence-corrected chi connectivity index (χ1v) is 7.58. The van der Waals surface area contributed by atoms with Gasteiger partial charge in [-0.2, -0.15) is 0 Å². The molecule has 3 rings (SSSR count). The maximum Gasteiger partial charge on any atom is 0.338 e. The highest BCUT2D eigenvalue weighted by atomic mass is 16.5. The first-order valence-electron chi connectivity index (χ1n) is 7.58. The molecule has 0 amide bonds. The summed E-state index contributed by atoms with van der Waals surface area (Å²) in [7, 11) is 1.73. The number of aromatic nitrogens is 2. The minimum Gasteiger partial charge on any atom is -0.459 e. The SMILES string of the molecule is COC1CCC(OC(=O)c2ccc(-n3ccnc3)cc2)CC1. The van der Waals surface area contributed by atoms with Gasteiger partial charge < -0.3 is 14.0 Å². The van der Waals surface area contributed by atoms with E-state index in [0.717, 1.165) is 31.4 Å². The van der Waals surface area contributed by atoms with Crippen LogP contribution in [0.2, 0.25) is 0 Å². The van der Waals surface area contributed by atoms with Gasteiger partial charge in [-0.15, -0.1) is 0 Å². The predicted octanol–water partition coefficient (Wildman–Crippen LogP) is 2.99. The average Bonchev–Trinajstić information content (AvgIpc) is 3.10. The number of hydrogen-bond acceptors (Lipinski definition) is 4. The van der Waals surface area contributed by atoms with Gasteiger partial charge in [-0.1, -0.05) is 0 Å². The summed E-state index contributed by atoms with van der Waals surface area (Å²) in [6.45, 7) is 0. The van der Waals surface area contributed by atoms with Crippen LogP contribution in [-0.2, 0) is 9.47 Å². The standard InChI is InChI=1S/C17H20N2O3/c1-21-15-6-8-16(9-7-15)22-17(20)13-2-4-14(5-3-13)19-11-10-18-12-19/h2-5,10-12,15-16H,6-9H2,1H3. The molecule has 0 bridgehead atoms. The fourth-order valence-electron chi connectivity index (χ4n) is 2.79. The van der Waals surface area contributed by atoms with E-state index in [-0.39, 0.29) is 12.1 Å². The van der Waals surface area contributed by atoms with Crippen LogP contribution in [-0.4, -0.2) is 34.8 Å². The second kappa shape index (κ2) is 6.75. The van der Waals surface area contributed by atoms with Gasteiger partial charge in [0, 0.05) is 25.2 Å². The van der Waals surface area contributed by atoms with Crippen molar-refractivity contribution in [2.75, 3.05) is 7.11 Å². The van der Waals surface area contributed by atoms with Crippen LogP contribution in [0.4, 0.5) is 0 Å². The Labute approximate surface area is 129 Å². The van der Waals surface area contributed by atoms with Gasteiger partial charge >= 0.3 is 5.97 Å². The number of ether oxygens (including phenoxy) is 2. The van der Waals surface area contributed by atoms with Crippen molar-refractivity contribution in [1.82, 2.24) is 9.55 Å². The summed E-state index contributed by atoms with van der Waals surface area (Å²) in [5.41, 5.74) is 1.55. The van der Waals surface area contributed by atoms with Crippen LogP contribution in [0.3, 0.4) is 0 Å². The van der Waals surface area contributed by atoms with E-state index in [0.29, 0.717) is 11.7 Å². The lowest BCUT2D eigenvalue weighted by Gasteiger charge is -2.27. The van der Waals surface area contributed by atoms with Crippen molar-refractivity contribution in [3.8, 4) is 5.69 Å². The Morgan fingerprint density at radius 2 is 1.82 bits per heavy atom. The fraction of sp³-hybridized carbons (Fsp3) is 0.412. The van der Waals surface area contributed by atoms with E-state index in [2.05, 4.69) is 4.98 Å². The number of benzene rings is 1. The van der Waals surface area contributed by atoms with Gasteiger partial charge in [-0.3, -0.25) is 0 Å². The zero-order chi connectivity index (χ0) is 15.4. The average molecular weight is 300 g/mol. The molecular formula is C17H20N2O3. The van der Waals surface area contributed by atoms with E-state index in [1.165, 1.54) is 0 Å². The smallest absolute Gasteiger partial charge is 0.338 e. The molecule has 0 N–H and O–H groups in total. The molecule has 1 heterocycles. The lowest BCUT2D eigenvalue weighted by molar-refractivity contribution is -0.00540. The number of hydrogen-bond donors (Lipinski definition) is 0. The lowest BCUT2D eigenvalue weighted by Crippen LogP contribution is -2.27. The molecule has 1 fully saturated rings. The number of esters is 1. The van der Waals surface area contributed by atoms with Crippen LogP contribution in [0.1, 0.15) is 36.0 Å². The van der Waals surface area contributed by atoms with Gasteiger partial charge in [0.15, 0.2) is 0 Å². The highest BCUT2D eigenvalue weighted by Crippen LogP contribution is 2.24. The molecule has 0 aliphatic heterocycles. The number of imidazole rings is 1. The van der Waals surface area contributed by atoms with Gasteiger partial charge in [0.25, 0.3) is 0 Å². The zero-order valence-corrected chi connectivity index (χ0v) is 12.6. The molecule has 0 spiro atoms. The minimum absolute atomic E-state index is 0.00669. The normalized spacial score (nSPS) is 21.5. The Morgan fingerprint density at radius 3 is 2.41 bits per heavy atom. The summed E-state index contributed by atoms with van der Waals surface area (Å²) in [5, 5.41) is 0. The molecule has 1 aliphatic rings. The highest BCUT2D eigenvalue weighted by Gasteiger charge is 2.24. The maximum atomic E-state index is 12.2. The number of nitrogens with zero attached hydrogens (tertiary/aromatic N) is 2. The van der Waals surface area contributed by atoms with Crippen LogP contribution in [0.5, 0.6) is 0 Å². The number of carbonyl (C=O) groups is 1. The van der Waals surface area contributed by atoms with E-state index in [4.69, 9.17) is 9.47 Å². The first kappa shape index (κ1) is 14.8. The summed E-state index contributed by atoms with van der Waals surface area (Å²) < 4.78 is 12.8. The summed E-state index contributed by atoms with van der Waals surface area (Å²) in [4.78, 5) is 16.2. The van der Waals surface area contributed by atoms with Crippen molar-refractivity contribution in [3.05, 3.63) is 48.5 Å². The van der Waals surface area contributed by atoms with E-state index < -0.39 is 0 Å². The van der Waals surface area contributed by atoms with Crippen LogP contribution in [0, 0.1) is 0 Å². The Balaban J connectivity index is 1.58. The number of rotatable bonds is 4. The molecule has 1 saturated carbocycles. The van der Waals surface area contributed by atoms with E-state index >= 15 is 0 Å². The van der Waals surface area contributed by atoms with Gasteiger partial charge in [-0.25, -0.2) is 9.78 Å². The molecular weight excluding hydrogens is 280 g/mol. The van der Waals surface area contributed by atoms with Crippen LogP contribution >= 0.6 is 0 Å². The molecule has 1 aliphatic carbocycles. The third-order valence-electron chi connectivity index (χ3n) is 4.13. The summed E-state index contributed by atoms with van der Waals surface area (Å²) in [6, 6.07) is 7.36. The molecule has 0 unspecified atom stereocenters. The highest BCUT2D eigenvalue weighted by molar-refractivity contribution is 5.89. The summed E-state index contributed by atoms with van der Waals surface area (Å²) in [5.74, 6) is -0.252. The van der Waals surface area contributed by atoms with Gasteiger partial charge in [0.2, 0.25) is 0 Å². The number of methoxy groups -OCH3 is 1. The van der Waals surface area contributed by atoms with Crippen LogP contribution < -0.4 is 0 Å². The molecule has 0 radical (unpaired) electrons. The Hall–Kier alpha value is -2.14. The molecule has 1 aromatic heterocycles. The topological polar surface area (TPSA) is 53.4 Å². The van der Waals surface area contributed by atoms with Crippen LogP contribution in [0.15, 0.2) is 43.0 Å². The maximum absolute atomic E-state index is 12.2. The number of carbonyl (C=O) groups excluding carboxylic acids is 1. The second-order valence-corrected chi connectivity index (χ2v) is 5.56. The van der Waals surface area contributed by atoms with E-state index in [1.54, 1.807) is 31.8 Å². The quantitative estimate of drug-likeness (QED) is 0.815. The molecule has 0 atom stereocenters. The Bertz CT molecular complexity index is 599. The van der Waals surface area contributed by atoms with Crippen molar-refractivity contribution < 1.29 is 14.3 Å². The minimum atomic E-state index is -0.252. The van der Waals surface area contributed by atoms with Crippen molar-refractivity contribution >= 4 is 5.97 Å².